The summed E-state index contributed by atoms with van der Waals surface area (Å²) in [5.41, 5.74) is 1.87. The summed E-state index contributed by atoms with van der Waals surface area (Å²) in [6.45, 7) is 0. The average Bonchev–Trinajstić information content (AvgIpc) is 2.51. The minimum atomic E-state index is -3.68. The van der Waals surface area contributed by atoms with Crippen LogP contribution in [-0.4, -0.2) is 19.0 Å². The van der Waals surface area contributed by atoms with Gasteiger partial charge in [0.15, 0.2) is 0 Å². The SMILES string of the molecule is Cn1c2c(ccc1=O)C[C@H](NS(=O)(=O)c1ccc(F)cc1)CC2. The molecule has 3 rings (SSSR count). The van der Waals surface area contributed by atoms with Crippen LogP contribution in [0.5, 0.6) is 0 Å². The van der Waals surface area contributed by atoms with Crippen molar-refractivity contribution in [1.82, 2.24) is 9.29 Å². The molecule has 0 spiro atoms. The van der Waals surface area contributed by atoms with Crippen LogP contribution in [0, 0.1) is 5.82 Å². The van der Waals surface area contributed by atoms with Gasteiger partial charge in [0.2, 0.25) is 15.6 Å². The molecule has 1 aliphatic rings. The molecular weight excluding hydrogens is 319 g/mol. The first-order chi connectivity index (χ1) is 10.9. The molecule has 1 aromatic heterocycles. The van der Waals surface area contributed by atoms with Crippen molar-refractivity contribution in [3.63, 3.8) is 0 Å². The second-order valence-corrected chi connectivity index (χ2v) is 7.43. The van der Waals surface area contributed by atoms with Gasteiger partial charge in [0.25, 0.3) is 0 Å². The fourth-order valence-corrected chi connectivity index (χ4v) is 4.19. The van der Waals surface area contributed by atoms with Crippen LogP contribution in [0.2, 0.25) is 0 Å². The fraction of sp³-hybridized carbons (Fsp3) is 0.312. The summed E-state index contributed by atoms with van der Waals surface area (Å²) in [5, 5.41) is 0. The molecule has 23 heavy (non-hydrogen) atoms. The molecule has 0 saturated carbocycles. The molecule has 7 heteroatoms. The number of aromatic nitrogens is 1. The van der Waals surface area contributed by atoms with Gasteiger partial charge in [0.05, 0.1) is 4.90 Å². The zero-order valence-electron chi connectivity index (χ0n) is 12.6. The van der Waals surface area contributed by atoms with Gasteiger partial charge in [-0.1, -0.05) is 6.07 Å². The first-order valence-electron chi connectivity index (χ1n) is 7.32. The predicted molar refractivity (Wildman–Crippen MR) is 84.2 cm³/mol. The number of nitrogens with one attached hydrogen (secondary N) is 1. The van der Waals surface area contributed by atoms with Crippen LogP contribution in [0.4, 0.5) is 4.39 Å². The third-order valence-corrected chi connectivity index (χ3v) is 5.71. The lowest BCUT2D eigenvalue weighted by Crippen LogP contribution is -2.40. The topological polar surface area (TPSA) is 68.2 Å². The number of halogens is 1. The van der Waals surface area contributed by atoms with Gasteiger partial charge in [-0.05, 0) is 49.1 Å². The highest BCUT2D eigenvalue weighted by Gasteiger charge is 2.25. The van der Waals surface area contributed by atoms with E-state index < -0.39 is 15.8 Å². The number of rotatable bonds is 3. The molecule has 1 heterocycles. The molecule has 122 valence electrons. The number of hydrogen-bond donors (Lipinski definition) is 1. The Morgan fingerprint density at radius 3 is 2.57 bits per heavy atom. The van der Waals surface area contributed by atoms with E-state index in [-0.39, 0.29) is 16.5 Å². The molecule has 1 aliphatic carbocycles. The number of benzene rings is 1. The molecule has 5 nitrogen and oxygen atoms in total. The van der Waals surface area contributed by atoms with E-state index in [0.717, 1.165) is 23.4 Å². The first-order valence-corrected chi connectivity index (χ1v) is 8.81. The second-order valence-electron chi connectivity index (χ2n) is 5.72. The summed E-state index contributed by atoms with van der Waals surface area (Å²) in [5.74, 6) is -0.475. The quantitative estimate of drug-likeness (QED) is 0.920. The van der Waals surface area contributed by atoms with Crippen LogP contribution in [0.25, 0.3) is 0 Å². The number of nitrogens with zero attached hydrogens (tertiary/aromatic N) is 1. The van der Waals surface area contributed by atoms with E-state index in [0.29, 0.717) is 19.3 Å². The summed E-state index contributed by atoms with van der Waals surface area (Å²) in [6, 6.07) is 7.76. The van der Waals surface area contributed by atoms with Crippen molar-refractivity contribution in [3.8, 4) is 0 Å². The Morgan fingerprint density at radius 2 is 1.87 bits per heavy atom. The Kier molecular flexibility index (Phi) is 4.08. The molecule has 1 aromatic carbocycles. The Morgan fingerprint density at radius 1 is 1.17 bits per heavy atom. The monoisotopic (exact) mass is 336 g/mol. The lowest BCUT2D eigenvalue weighted by atomic mass is 9.92. The molecule has 0 amide bonds. The summed E-state index contributed by atoms with van der Waals surface area (Å²) in [6.07, 6.45) is 1.78. The van der Waals surface area contributed by atoms with Crippen molar-refractivity contribution in [2.45, 2.75) is 30.2 Å². The Hall–Kier alpha value is -1.99. The maximum absolute atomic E-state index is 12.9. The van der Waals surface area contributed by atoms with E-state index in [9.17, 15) is 17.6 Å². The van der Waals surface area contributed by atoms with Crippen LogP contribution < -0.4 is 10.3 Å². The van der Waals surface area contributed by atoms with E-state index in [1.165, 1.54) is 18.2 Å². The fourth-order valence-electron chi connectivity index (χ4n) is 2.92. The smallest absolute Gasteiger partial charge is 0.250 e. The van der Waals surface area contributed by atoms with E-state index in [4.69, 9.17) is 0 Å². The van der Waals surface area contributed by atoms with Gasteiger partial charge in [-0.25, -0.2) is 17.5 Å². The van der Waals surface area contributed by atoms with Gasteiger partial charge >= 0.3 is 0 Å². The third-order valence-electron chi connectivity index (χ3n) is 4.17. The standard InChI is InChI=1S/C16H17FN2O3S/c1-19-15-8-5-13(10-11(15)2-9-16(19)20)18-23(21,22)14-6-3-12(17)4-7-14/h2-4,6-7,9,13,18H,5,8,10H2,1H3/t13-/m1/s1. The van der Waals surface area contributed by atoms with Crippen LogP contribution in [0.15, 0.2) is 46.1 Å². The maximum Gasteiger partial charge on any atom is 0.250 e. The van der Waals surface area contributed by atoms with Crippen molar-refractivity contribution in [3.05, 3.63) is 63.8 Å². The van der Waals surface area contributed by atoms with Crippen LogP contribution in [-0.2, 0) is 29.9 Å². The number of fused-ring (bicyclic) bond motifs is 1. The molecule has 1 N–H and O–H groups in total. The van der Waals surface area contributed by atoms with Gasteiger partial charge in [-0.3, -0.25) is 4.79 Å². The van der Waals surface area contributed by atoms with Gasteiger partial charge < -0.3 is 4.57 Å². The largest absolute Gasteiger partial charge is 0.315 e. The van der Waals surface area contributed by atoms with Crippen LogP contribution >= 0.6 is 0 Å². The Balaban J connectivity index is 1.80. The lowest BCUT2D eigenvalue weighted by Gasteiger charge is -2.26. The highest BCUT2D eigenvalue weighted by Crippen LogP contribution is 2.21. The zero-order chi connectivity index (χ0) is 16.6. The molecule has 0 saturated heterocycles. The minimum absolute atomic E-state index is 0.0464. The molecule has 0 aliphatic heterocycles. The average molecular weight is 336 g/mol. The Bertz CT molecular complexity index is 889. The summed E-state index contributed by atoms with van der Waals surface area (Å²) >= 11 is 0. The summed E-state index contributed by atoms with van der Waals surface area (Å²) < 4.78 is 41.9. The molecule has 1 atom stereocenters. The predicted octanol–water partition coefficient (Wildman–Crippen LogP) is 1.36. The number of pyridine rings is 1. The molecule has 0 radical (unpaired) electrons. The van der Waals surface area contributed by atoms with Gasteiger partial charge in [-0.2, -0.15) is 0 Å². The van der Waals surface area contributed by atoms with Gasteiger partial charge in [0.1, 0.15) is 5.82 Å². The zero-order valence-corrected chi connectivity index (χ0v) is 13.4. The van der Waals surface area contributed by atoms with Crippen molar-refractivity contribution in [2.24, 2.45) is 7.05 Å². The molecule has 0 fully saturated rings. The summed E-state index contributed by atoms with van der Waals surface area (Å²) in [4.78, 5) is 11.7. The second kappa shape index (κ2) is 5.90. The molecule has 0 bridgehead atoms. The van der Waals surface area contributed by atoms with Gasteiger partial charge in [-0.15, -0.1) is 0 Å². The molecule has 0 unspecified atom stereocenters. The van der Waals surface area contributed by atoms with Gasteiger partial charge in [0, 0.05) is 24.8 Å². The van der Waals surface area contributed by atoms with Crippen molar-refractivity contribution in [2.75, 3.05) is 0 Å². The molecular formula is C16H17FN2O3S. The Labute approximate surface area is 133 Å². The number of sulfonamides is 1. The van der Waals surface area contributed by atoms with E-state index >= 15 is 0 Å². The van der Waals surface area contributed by atoms with E-state index in [2.05, 4.69) is 4.72 Å². The first kappa shape index (κ1) is 15.9. The maximum atomic E-state index is 12.9. The van der Waals surface area contributed by atoms with E-state index in [1.807, 2.05) is 0 Å². The van der Waals surface area contributed by atoms with Crippen molar-refractivity contribution < 1.29 is 12.8 Å². The number of hydrogen-bond acceptors (Lipinski definition) is 3. The van der Waals surface area contributed by atoms with Crippen LogP contribution in [0.3, 0.4) is 0 Å². The normalized spacial score (nSPS) is 17.7. The highest BCUT2D eigenvalue weighted by atomic mass is 32.2. The van der Waals surface area contributed by atoms with E-state index in [1.54, 1.807) is 17.7 Å². The van der Waals surface area contributed by atoms with Crippen molar-refractivity contribution in [1.29, 1.82) is 0 Å². The minimum Gasteiger partial charge on any atom is -0.315 e. The highest BCUT2D eigenvalue weighted by molar-refractivity contribution is 7.89. The molecule has 2 aromatic rings. The lowest BCUT2D eigenvalue weighted by molar-refractivity contribution is 0.493. The van der Waals surface area contributed by atoms with Crippen molar-refractivity contribution >= 4 is 10.0 Å². The van der Waals surface area contributed by atoms with Crippen LogP contribution in [0.1, 0.15) is 17.7 Å². The summed E-state index contributed by atoms with van der Waals surface area (Å²) in [7, 11) is -1.96. The third kappa shape index (κ3) is 3.20.